The minimum atomic E-state index is 0.106. The van der Waals surface area contributed by atoms with Gasteiger partial charge in [0.15, 0.2) is 0 Å². The number of methoxy groups -OCH3 is 1. The number of ether oxygens (including phenoxy) is 2. The number of amides is 2. The molecule has 0 N–H and O–H groups in total. The van der Waals surface area contributed by atoms with Crippen LogP contribution in [0.3, 0.4) is 0 Å². The van der Waals surface area contributed by atoms with E-state index in [1.165, 1.54) is 0 Å². The zero-order valence-electron chi connectivity index (χ0n) is 18.3. The molecule has 2 heterocycles. The van der Waals surface area contributed by atoms with Gasteiger partial charge in [-0.25, -0.2) is 0 Å². The van der Waals surface area contributed by atoms with E-state index in [2.05, 4.69) is 4.90 Å². The molecule has 0 bridgehead atoms. The van der Waals surface area contributed by atoms with Gasteiger partial charge in [0, 0.05) is 52.6 Å². The van der Waals surface area contributed by atoms with Crippen LogP contribution in [0.25, 0.3) is 0 Å². The van der Waals surface area contributed by atoms with E-state index in [1.54, 1.807) is 14.0 Å². The standard InChI is InChI=1S/C23H35N3O4/c1-19(27)26(12-3-11-24-14-16-30-17-15-24)21-10-13-25(18-21)23(28)9-6-20-4-7-22(29-2)8-5-20/h4-5,7-8,21H,3,6,9-18H2,1-2H3. The van der Waals surface area contributed by atoms with Crippen molar-refractivity contribution >= 4 is 11.8 Å². The smallest absolute Gasteiger partial charge is 0.222 e. The molecule has 30 heavy (non-hydrogen) atoms. The maximum Gasteiger partial charge on any atom is 0.222 e. The number of rotatable bonds is 9. The van der Waals surface area contributed by atoms with Crippen molar-refractivity contribution in [1.29, 1.82) is 0 Å². The van der Waals surface area contributed by atoms with Crippen LogP contribution in [0.4, 0.5) is 0 Å². The van der Waals surface area contributed by atoms with Crippen molar-refractivity contribution < 1.29 is 19.1 Å². The second-order valence-corrected chi connectivity index (χ2v) is 8.15. The summed E-state index contributed by atoms with van der Waals surface area (Å²) >= 11 is 0. The summed E-state index contributed by atoms with van der Waals surface area (Å²) in [5, 5.41) is 0. The Kier molecular flexibility index (Phi) is 8.51. The lowest BCUT2D eigenvalue weighted by Crippen LogP contribution is -2.43. The molecule has 1 aromatic rings. The van der Waals surface area contributed by atoms with Crippen molar-refractivity contribution in [2.75, 3.05) is 59.6 Å². The van der Waals surface area contributed by atoms with Gasteiger partial charge < -0.3 is 19.3 Å². The van der Waals surface area contributed by atoms with Crippen molar-refractivity contribution in [3.8, 4) is 5.75 Å². The lowest BCUT2D eigenvalue weighted by Gasteiger charge is -2.30. The molecule has 0 saturated carbocycles. The molecule has 166 valence electrons. The summed E-state index contributed by atoms with van der Waals surface area (Å²) in [4.78, 5) is 31.2. The number of carbonyl (C=O) groups excluding carboxylic acids is 2. The number of carbonyl (C=O) groups is 2. The lowest BCUT2D eigenvalue weighted by molar-refractivity contribution is -0.133. The molecule has 2 amide bonds. The first-order valence-corrected chi connectivity index (χ1v) is 11.0. The van der Waals surface area contributed by atoms with Gasteiger partial charge in [-0.05, 0) is 37.0 Å². The van der Waals surface area contributed by atoms with Gasteiger partial charge in [-0.15, -0.1) is 0 Å². The summed E-state index contributed by atoms with van der Waals surface area (Å²) in [6.45, 7) is 8.32. The predicted molar refractivity (Wildman–Crippen MR) is 116 cm³/mol. The summed E-state index contributed by atoms with van der Waals surface area (Å²) < 4.78 is 10.6. The average molecular weight is 418 g/mol. The fourth-order valence-electron chi connectivity index (χ4n) is 4.31. The molecule has 1 unspecified atom stereocenters. The second kappa shape index (κ2) is 11.3. The molecule has 0 aromatic heterocycles. The molecule has 7 nitrogen and oxygen atoms in total. The number of likely N-dealkylation sites (tertiary alicyclic amines) is 1. The predicted octanol–water partition coefficient (Wildman–Crippen LogP) is 1.80. The van der Waals surface area contributed by atoms with Crippen LogP contribution in [0.15, 0.2) is 24.3 Å². The van der Waals surface area contributed by atoms with Gasteiger partial charge in [-0.2, -0.15) is 0 Å². The first-order valence-electron chi connectivity index (χ1n) is 11.0. The number of morpholine rings is 1. The highest BCUT2D eigenvalue weighted by Gasteiger charge is 2.31. The van der Waals surface area contributed by atoms with Gasteiger partial charge in [0.2, 0.25) is 11.8 Å². The third-order valence-electron chi connectivity index (χ3n) is 6.12. The number of hydrogen-bond donors (Lipinski definition) is 0. The molecular formula is C23H35N3O4. The maximum atomic E-state index is 12.7. The van der Waals surface area contributed by atoms with Gasteiger partial charge >= 0.3 is 0 Å². The number of nitrogens with zero attached hydrogens (tertiary/aromatic N) is 3. The van der Waals surface area contributed by atoms with E-state index in [0.29, 0.717) is 13.0 Å². The quantitative estimate of drug-likeness (QED) is 0.613. The van der Waals surface area contributed by atoms with Crippen LogP contribution in [0.1, 0.15) is 31.7 Å². The van der Waals surface area contributed by atoms with Crippen molar-refractivity contribution in [3.63, 3.8) is 0 Å². The van der Waals surface area contributed by atoms with Crippen molar-refractivity contribution in [3.05, 3.63) is 29.8 Å². The topological polar surface area (TPSA) is 62.3 Å². The van der Waals surface area contributed by atoms with Gasteiger partial charge in [0.05, 0.1) is 26.4 Å². The molecule has 2 aliphatic rings. The van der Waals surface area contributed by atoms with E-state index >= 15 is 0 Å². The van der Waals surface area contributed by atoms with E-state index in [9.17, 15) is 9.59 Å². The summed E-state index contributed by atoms with van der Waals surface area (Å²) in [7, 11) is 1.65. The number of hydrogen-bond acceptors (Lipinski definition) is 5. The van der Waals surface area contributed by atoms with Gasteiger partial charge in [0.1, 0.15) is 5.75 Å². The number of aryl methyl sites for hydroxylation is 1. The van der Waals surface area contributed by atoms with Crippen molar-refractivity contribution in [2.24, 2.45) is 0 Å². The fraction of sp³-hybridized carbons (Fsp3) is 0.652. The highest BCUT2D eigenvalue weighted by atomic mass is 16.5. The molecule has 3 rings (SSSR count). The molecule has 7 heteroatoms. The van der Waals surface area contributed by atoms with Crippen molar-refractivity contribution in [1.82, 2.24) is 14.7 Å². The normalized spacial score (nSPS) is 19.7. The van der Waals surface area contributed by atoms with Crippen LogP contribution in [-0.4, -0.2) is 92.1 Å². The van der Waals surface area contributed by atoms with Gasteiger partial charge in [0.25, 0.3) is 0 Å². The molecule has 1 atom stereocenters. The minimum absolute atomic E-state index is 0.106. The minimum Gasteiger partial charge on any atom is -0.497 e. The molecule has 0 spiro atoms. The van der Waals surface area contributed by atoms with Gasteiger partial charge in [-0.1, -0.05) is 12.1 Å². The lowest BCUT2D eigenvalue weighted by atomic mass is 10.1. The maximum absolute atomic E-state index is 12.7. The molecular weight excluding hydrogens is 382 g/mol. The number of benzene rings is 1. The molecule has 2 fully saturated rings. The Hall–Kier alpha value is -2.12. The Morgan fingerprint density at radius 1 is 1.17 bits per heavy atom. The largest absolute Gasteiger partial charge is 0.497 e. The van der Waals surface area contributed by atoms with E-state index in [4.69, 9.17) is 9.47 Å². The fourth-order valence-corrected chi connectivity index (χ4v) is 4.31. The molecule has 2 saturated heterocycles. The summed E-state index contributed by atoms with van der Waals surface area (Å²) in [6, 6.07) is 7.99. The second-order valence-electron chi connectivity index (χ2n) is 8.15. The summed E-state index contributed by atoms with van der Waals surface area (Å²) in [6.07, 6.45) is 3.04. The van der Waals surface area contributed by atoms with Crippen LogP contribution in [0, 0.1) is 0 Å². The van der Waals surface area contributed by atoms with Crippen LogP contribution < -0.4 is 4.74 Å². The van der Waals surface area contributed by atoms with Gasteiger partial charge in [-0.3, -0.25) is 14.5 Å². The van der Waals surface area contributed by atoms with Crippen LogP contribution >= 0.6 is 0 Å². The highest BCUT2D eigenvalue weighted by molar-refractivity contribution is 5.77. The summed E-state index contributed by atoms with van der Waals surface area (Å²) in [5.41, 5.74) is 1.13. The Labute approximate surface area is 179 Å². The first-order chi connectivity index (χ1) is 14.6. The van der Waals surface area contributed by atoms with E-state index in [-0.39, 0.29) is 17.9 Å². The zero-order valence-corrected chi connectivity index (χ0v) is 18.3. The SMILES string of the molecule is COc1ccc(CCC(=O)N2CCC(N(CCCN3CCOCC3)C(C)=O)C2)cc1. The molecule has 0 aliphatic carbocycles. The Balaban J connectivity index is 1.42. The molecule has 1 aromatic carbocycles. The Morgan fingerprint density at radius 2 is 1.90 bits per heavy atom. The third kappa shape index (κ3) is 6.44. The van der Waals surface area contributed by atoms with Crippen LogP contribution in [-0.2, 0) is 20.7 Å². The molecule has 0 radical (unpaired) electrons. The monoisotopic (exact) mass is 417 g/mol. The Bertz CT molecular complexity index is 688. The zero-order chi connectivity index (χ0) is 21.3. The Morgan fingerprint density at radius 3 is 2.57 bits per heavy atom. The third-order valence-corrected chi connectivity index (χ3v) is 6.12. The highest BCUT2D eigenvalue weighted by Crippen LogP contribution is 2.19. The first kappa shape index (κ1) is 22.6. The van der Waals surface area contributed by atoms with Crippen molar-refractivity contribution in [2.45, 2.75) is 38.6 Å². The van der Waals surface area contributed by atoms with E-state index in [0.717, 1.165) is 76.5 Å². The molecule has 2 aliphatic heterocycles. The van der Waals surface area contributed by atoms with Crippen LogP contribution in [0.2, 0.25) is 0 Å². The van der Waals surface area contributed by atoms with E-state index < -0.39 is 0 Å². The van der Waals surface area contributed by atoms with Crippen LogP contribution in [0.5, 0.6) is 5.75 Å². The summed E-state index contributed by atoms with van der Waals surface area (Å²) in [5.74, 6) is 1.10. The average Bonchev–Trinajstić information content (AvgIpc) is 3.25. The van der Waals surface area contributed by atoms with E-state index in [1.807, 2.05) is 34.1 Å².